The first-order valence-electron chi connectivity index (χ1n) is 5.88. The smallest absolute Gasteiger partial charge is 0.443 e. The number of ether oxygens (including phenoxy) is 2. The highest BCUT2D eigenvalue weighted by molar-refractivity contribution is 8.02. The van der Waals surface area contributed by atoms with Gasteiger partial charge in [0.05, 0.1) is 13.7 Å². The van der Waals surface area contributed by atoms with E-state index in [4.69, 9.17) is 4.74 Å². The summed E-state index contributed by atoms with van der Waals surface area (Å²) in [6.07, 6.45) is 0. The van der Waals surface area contributed by atoms with Crippen molar-refractivity contribution in [2.24, 2.45) is 0 Å². The van der Waals surface area contributed by atoms with Crippen LogP contribution in [0.4, 0.5) is 13.2 Å². The maximum Gasteiger partial charge on any atom is 0.443 e. The fourth-order valence-electron chi connectivity index (χ4n) is 1.47. The van der Waals surface area contributed by atoms with E-state index in [2.05, 4.69) is 4.74 Å². The van der Waals surface area contributed by atoms with E-state index in [0.717, 1.165) is 0 Å². The van der Waals surface area contributed by atoms with E-state index < -0.39 is 34.3 Å². The minimum Gasteiger partial charge on any atom is -0.497 e. The summed E-state index contributed by atoms with van der Waals surface area (Å²) >= 11 is -0.693. The summed E-state index contributed by atoms with van der Waals surface area (Å²) in [5, 5.41) is -1.97. The molecule has 1 aromatic rings. The van der Waals surface area contributed by atoms with E-state index in [0.29, 0.717) is 5.75 Å². The molecule has 1 aromatic carbocycles. The van der Waals surface area contributed by atoms with Gasteiger partial charge in [-0.3, -0.25) is 9.59 Å². The van der Waals surface area contributed by atoms with Crippen molar-refractivity contribution in [2.45, 2.75) is 17.7 Å². The molecule has 116 valence electrons. The minimum absolute atomic E-state index is 0.0226. The predicted octanol–water partition coefficient (Wildman–Crippen LogP) is 3.06. The van der Waals surface area contributed by atoms with Crippen LogP contribution in [0.25, 0.3) is 0 Å². The first-order chi connectivity index (χ1) is 9.78. The fourth-order valence-corrected chi connectivity index (χ4v) is 2.14. The lowest BCUT2D eigenvalue weighted by molar-refractivity contribution is -0.141. The Kier molecular flexibility index (Phi) is 6.07. The second-order valence-electron chi connectivity index (χ2n) is 3.79. The lowest BCUT2D eigenvalue weighted by Crippen LogP contribution is -2.32. The minimum atomic E-state index is -4.72. The number of halogens is 3. The molecule has 4 nitrogen and oxygen atoms in total. The van der Waals surface area contributed by atoms with E-state index in [1.165, 1.54) is 38.3 Å². The van der Waals surface area contributed by atoms with Crippen molar-refractivity contribution in [2.75, 3.05) is 13.7 Å². The zero-order valence-corrected chi connectivity index (χ0v) is 12.1. The molecule has 0 fully saturated rings. The van der Waals surface area contributed by atoms with Crippen LogP contribution in [-0.2, 0) is 9.53 Å². The molecule has 0 radical (unpaired) electrons. The van der Waals surface area contributed by atoms with Gasteiger partial charge >= 0.3 is 11.5 Å². The third kappa shape index (κ3) is 5.30. The second kappa shape index (κ2) is 7.35. The van der Waals surface area contributed by atoms with Gasteiger partial charge in [-0.05, 0) is 43.0 Å². The van der Waals surface area contributed by atoms with Crippen molar-refractivity contribution in [3.63, 3.8) is 0 Å². The summed E-state index contributed by atoms with van der Waals surface area (Å²) in [5.74, 6) is -1.72. The fraction of sp³-hybridized carbons (Fsp3) is 0.385. The lowest BCUT2D eigenvalue weighted by Gasteiger charge is -2.15. The molecule has 0 aromatic heterocycles. The Morgan fingerprint density at radius 3 is 2.24 bits per heavy atom. The van der Waals surface area contributed by atoms with Gasteiger partial charge in [-0.15, -0.1) is 0 Å². The maximum atomic E-state index is 12.5. The molecule has 0 bridgehead atoms. The number of benzene rings is 1. The van der Waals surface area contributed by atoms with Crippen LogP contribution < -0.4 is 4.74 Å². The molecule has 0 N–H and O–H groups in total. The third-order valence-corrected chi connectivity index (χ3v) is 3.27. The standard InChI is InChI=1S/C13H13F3O4S/c1-3-20-12(18)11(21-13(14,15)16)10(17)8-4-6-9(19-2)7-5-8/h4-7,11H,3H2,1-2H3. The molecule has 0 aliphatic rings. The maximum absolute atomic E-state index is 12.5. The van der Waals surface area contributed by atoms with Crippen LogP contribution in [-0.4, -0.2) is 36.2 Å². The average molecular weight is 322 g/mol. The van der Waals surface area contributed by atoms with Crippen molar-refractivity contribution in [3.05, 3.63) is 29.8 Å². The summed E-state index contributed by atoms with van der Waals surface area (Å²) in [6, 6.07) is 5.44. The number of thioether (sulfide) groups is 1. The molecule has 0 aliphatic heterocycles. The molecule has 0 amide bonds. The van der Waals surface area contributed by atoms with E-state index in [-0.39, 0.29) is 12.2 Å². The summed E-state index contributed by atoms with van der Waals surface area (Å²) in [5.41, 5.74) is -4.75. The number of Topliss-reactive ketones (excluding diaryl/α,β-unsaturated/α-hetero) is 1. The van der Waals surface area contributed by atoms with Gasteiger partial charge in [-0.1, -0.05) is 0 Å². The first kappa shape index (κ1) is 17.4. The van der Waals surface area contributed by atoms with E-state index in [1.807, 2.05) is 0 Å². The number of methoxy groups -OCH3 is 1. The summed E-state index contributed by atoms with van der Waals surface area (Å²) < 4.78 is 46.9. The van der Waals surface area contributed by atoms with Crippen molar-refractivity contribution < 1.29 is 32.2 Å². The molecule has 0 spiro atoms. The van der Waals surface area contributed by atoms with Crippen LogP contribution in [0.3, 0.4) is 0 Å². The van der Waals surface area contributed by atoms with E-state index in [1.54, 1.807) is 0 Å². The first-order valence-corrected chi connectivity index (χ1v) is 6.76. The molecule has 0 aliphatic carbocycles. The topological polar surface area (TPSA) is 52.6 Å². The highest BCUT2D eigenvalue weighted by atomic mass is 32.2. The van der Waals surface area contributed by atoms with Crippen molar-refractivity contribution in [3.8, 4) is 5.75 Å². The molecule has 1 rings (SSSR count). The average Bonchev–Trinajstić information content (AvgIpc) is 2.43. The van der Waals surface area contributed by atoms with Gasteiger partial charge in [0.1, 0.15) is 5.75 Å². The number of hydrogen-bond acceptors (Lipinski definition) is 5. The van der Waals surface area contributed by atoms with Crippen LogP contribution in [0.15, 0.2) is 24.3 Å². The van der Waals surface area contributed by atoms with Crippen LogP contribution in [0.2, 0.25) is 0 Å². The zero-order valence-electron chi connectivity index (χ0n) is 11.3. The number of hydrogen-bond donors (Lipinski definition) is 0. The van der Waals surface area contributed by atoms with E-state index >= 15 is 0 Å². The van der Waals surface area contributed by atoms with Gasteiger partial charge in [-0.2, -0.15) is 13.2 Å². The molecule has 0 saturated carbocycles. The number of alkyl halides is 3. The quantitative estimate of drug-likeness (QED) is 0.458. The van der Waals surface area contributed by atoms with Gasteiger partial charge < -0.3 is 9.47 Å². The molecule has 8 heteroatoms. The molecule has 0 heterocycles. The highest BCUT2D eigenvalue weighted by Gasteiger charge is 2.41. The number of ketones is 1. The predicted molar refractivity (Wildman–Crippen MR) is 71.4 cm³/mol. The second-order valence-corrected chi connectivity index (χ2v) is 4.96. The SMILES string of the molecule is CCOC(=O)C(SC(F)(F)F)C(=O)c1ccc(OC)cc1. The Hall–Kier alpha value is -1.70. The Labute approximate surface area is 123 Å². The molecular formula is C13H13F3O4S. The normalized spacial score (nSPS) is 12.6. The zero-order chi connectivity index (χ0) is 16.0. The van der Waals surface area contributed by atoms with Crippen molar-refractivity contribution >= 4 is 23.5 Å². The Morgan fingerprint density at radius 1 is 1.24 bits per heavy atom. The molecule has 0 saturated heterocycles. The van der Waals surface area contributed by atoms with Gasteiger partial charge in [0.2, 0.25) is 0 Å². The van der Waals surface area contributed by atoms with Crippen LogP contribution >= 0.6 is 11.8 Å². The number of carbonyl (C=O) groups excluding carboxylic acids is 2. The van der Waals surface area contributed by atoms with Crippen LogP contribution in [0.5, 0.6) is 5.75 Å². The lowest BCUT2D eigenvalue weighted by atomic mass is 10.1. The Bertz CT molecular complexity index is 499. The molecular weight excluding hydrogens is 309 g/mol. The highest BCUT2D eigenvalue weighted by Crippen LogP contribution is 2.36. The molecule has 1 unspecified atom stereocenters. The Balaban J connectivity index is 3.00. The summed E-state index contributed by atoms with van der Waals surface area (Å²) in [6.45, 7) is 1.34. The number of carbonyl (C=O) groups is 2. The summed E-state index contributed by atoms with van der Waals surface area (Å²) in [4.78, 5) is 23.6. The van der Waals surface area contributed by atoms with Crippen molar-refractivity contribution in [1.82, 2.24) is 0 Å². The number of esters is 1. The Morgan fingerprint density at radius 2 is 1.81 bits per heavy atom. The van der Waals surface area contributed by atoms with Crippen molar-refractivity contribution in [1.29, 1.82) is 0 Å². The molecule has 21 heavy (non-hydrogen) atoms. The molecule has 1 atom stereocenters. The van der Waals surface area contributed by atoms with Gasteiger partial charge in [0.25, 0.3) is 0 Å². The van der Waals surface area contributed by atoms with Gasteiger partial charge in [0.15, 0.2) is 11.0 Å². The monoisotopic (exact) mass is 322 g/mol. The third-order valence-electron chi connectivity index (χ3n) is 2.36. The van der Waals surface area contributed by atoms with Crippen LogP contribution in [0.1, 0.15) is 17.3 Å². The largest absolute Gasteiger partial charge is 0.497 e. The number of rotatable bonds is 6. The summed E-state index contributed by atoms with van der Waals surface area (Å²) in [7, 11) is 1.41. The van der Waals surface area contributed by atoms with Gasteiger partial charge in [-0.25, -0.2) is 0 Å². The van der Waals surface area contributed by atoms with Gasteiger partial charge in [0, 0.05) is 5.56 Å². The van der Waals surface area contributed by atoms with Crippen LogP contribution in [0, 0.1) is 0 Å². The van der Waals surface area contributed by atoms with E-state index in [9.17, 15) is 22.8 Å².